The van der Waals surface area contributed by atoms with Gasteiger partial charge < -0.3 is 14.4 Å². The topological polar surface area (TPSA) is 58.4 Å². The standard InChI is InChI=1S/C23H25BrN4O2/c1-26(2)23(30)16-6-4-15(5-7-16)17-9-11-28(21(29)12-17)14-18-13-19-20(24)8-10-25-22(19)27(18)3/h4-8,10,13,17H,9,11-12,14H2,1-3H3/t17-/m0/s1. The molecule has 0 unspecified atom stereocenters. The Morgan fingerprint density at radius 2 is 1.97 bits per heavy atom. The van der Waals surface area contributed by atoms with E-state index in [1.54, 1.807) is 25.2 Å². The van der Waals surface area contributed by atoms with Crippen molar-refractivity contribution in [3.05, 3.63) is 63.9 Å². The minimum atomic E-state index is -0.0106. The molecule has 156 valence electrons. The van der Waals surface area contributed by atoms with Crippen molar-refractivity contribution < 1.29 is 9.59 Å². The molecule has 0 radical (unpaired) electrons. The zero-order chi connectivity index (χ0) is 21.4. The molecule has 0 aliphatic carbocycles. The molecular formula is C23H25BrN4O2. The van der Waals surface area contributed by atoms with Crippen LogP contribution in [0.25, 0.3) is 11.0 Å². The third-order valence-electron chi connectivity index (χ3n) is 5.88. The number of fused-ring (bicyclic) bond motifs is 1. The van der Waals surface area contributed by atoms with Crippen LogP contribution in [0.15, 0.2) is 47.1 Å². The monoisotopic (exact) mass is 468 g/mol. The van der Waals surface area contributed by atoms with Gasteiger partial charge in [0.25, 0.3) is 5.91 Å². The molecule has 1 aliphatic rings. The average molecular weight is 469 g/mol. The van der Waals surface area contributed by atoms with E-state index in [1.807, 2.05) is 42.3 Å². The maximum Gasteiger partial charge on any atom is 0.253 e. The third kappa shape index (κ3) is 3.86. The highest BCUT2D eigenvalue weighted by atomic mass is 79.9. The van der Waals surface area contributed by atoms with E-state index in [4.69, 9.17) is 0 Å². The lowest BCUT2D eigenvalue weighted by molar-refractivity contribution is -0.134. The molecule has 1 aromatic carbocycles. The molecule has 0 bridgehead atoms. The predicted octanol–water partition coefficient (Wildman–Crippen LogP) is 3.94. The van der Waals surface area contributed by atoms with E-state index in [-0.39, 0.29) is 17.7 Å². The number of carbonyl (C=O) groups excluding carboxylic acids is 2. The van der Waals surface area contributed by atoms with Gasteiger partial charge in [0.05, 0.1) is 6.54 Å². The van der Waals surface area contributed by atoms with Gasteiger partial charge in [-0.15, -0.1) is 0 Å². The van der Waals surface area contributed by atoms with Crippen LogP contribution in [0.3, 0.4) is 0 Å². The van der Waals surface area contributed by atoms with Crippen LogP contribution in [-0.2, 0) is 18.4 Å². The van der Waals surface area contributed by atoms with Gasteiger partial charge in [0, 0.05) is 61.4 Å². The first-order valence-electron chi connectivity index (χ1n) is 10.0. The Labute approximate surface area is 184 Å². The van der Waals surface area contributed by atoms with Crippen molar-refractivity contribution >= 4 is 38.8 Å². The number of aryl methyl sites for hydroxylation is 1. The number of rotatable bonds is 4. The molecule has 30 heavy (non-hydrogen) atoms. The summed E-state index contributed by atoms with van der Waals surface area (Å²) in [6.45, 7) is 1.30. The Kier molecular flexibility index (Phi) is 5.64. The van der Waals surface area contributed by atoms with Crippen molar-refractivity contribution in [2.45, 2.75) is 25.3 Å². The molecule has 6 nitrogen and oxygen atoms in total. The first kappa shape index (κ1) is 20.6. The van der Waals surface area contributed by atoms with Crippen molar-refractivity contribution in [3.8, 4) is 0 Å². The first-order chi connectivity index (χ1) is 14.3. The van der Waals surface area contributed by atoms with Crippen LogP contribution in [0.1, 0.15) is 40.4 Å². The Hall–Kier alpha value is -2.67. The number of amides is 2. The van der Waals surface area contributed by atoms with Crippen LogP contribution in [0.2, 0.25) is 0 Å². The first-order valence-corrected chi connectivity index (χ1v) is 10.8. The van der Waals surface area contributed by atoms with E-state index in [2.05, 4.69) is 31.5 Å². The molecule has 7 heteroatoms. The number of likely N-dealkylation sites (tertiary alicyclic amines) is 1. The van der Waals surface area contributed by atoms with Gasteiger partial charge in [-0.1, -0.05) is 12.1 Å². The molecule has 2 aromatic heterocycles. The number of halogens is 1. The normalized spacial score (nSPS) is 16.9. The van der Waals surface area contributed by atoms with Gasteiger partial charge in [-0.2, -0.15) is 0 Å². The molecule has 3 heterocycles. The lowest BCUT2D eigenvalue weighted by atomic mass is 9.88. The molecule has 1 fully saturated rings. The second-order valence-electron chi connectivity index (χ2n) is 8.05. The fourth-order valence-corrected chi connectivity index (χ4v) is 4.48. The summed E-state index contributed by atoms with van der Waals surface area (Å²) in [6, 6.07) is 11.7. The Morgan fingerprint density at radius 1 is 1.23 bits per heavy atom. The van der Waals surface area contributed by atoms with Crippen LogP contribution >= 0.6 is 15.9 Å². The van der Waals surface area contributed by atoms with Gasteiger partial charge >= 0.3 is 0 Å². The molecule has 4 rings (SSSR count). The number of piperidine rings is 1. The van der Waals surface area contributed by atoms with Gasteiger partial charge in [0.15, 0.2) is 0 Å². The van der Waals surface area contributed by atoms with Crippen LogP contribution in [-0.4, -0.2) is 51.8 Å². The second-order valence-corrected chi connectivity index (χ2v) is 8.91. The zero-order valence-corrected chi connectivity index (χ0v) is 19.0. The van der Waals surface area contributed by atoms with E-state index >= 15 is 0 Å². The lowest BCUT2D eigenvalue weighted by Gasteiger charge is -2.32. The summed E-state index contributed by atoms with van der Waals surface area (Å²) in [7, 11) is 5.48. The highest BCUT2D eigenvalue weighted by Crippen LogP contribution is 2.31. The molecule has 1 atom stereocenters. The minimum absolute atomic E-state index is 0.0106. The van der Waals surface area contributed by atoms with E-state index in [0.29, 0.717) is 18.5 Å². The van der Waals surface area contributed by atoms with Gasteiger partial charge in [-0.25, -0.2) is 4.98 Å². The number of carbonyl (C=O) groups is 2. The number of pyridine rings is 1. The summed E-state index contributed by atoms with van der Waals surface area (Å²) in [4.78, 5) is 32.9. The minimum Gasteiger partial charge on any atom is -0.345 e. The molecule has 0 N–H and O–H groups in total. The fraction of sp³-hybridized carbons (Fsp3) is 0.348. The second kappa shape index (κ2) is 8.22. The third-order valence-corrected chi connectivity index (χ3v) is 6.58. The summed E-state index contributed by atoms with van der Waals surface area (Å²) < 4.78 is 3.07. The summed E-state index contributed by atoms with van der Waals surface area (Å²) in [5.74, 6) is 0.348. The highest BCUT2D eigenvalue weighted by molar-refractivity contribution is 9.10. The van der Waals surface area contributed by atoms with Gasteiger partial charge in [-0.3, -0.25) is 9.59 Å². The smallest absolute Gasteiger partial charge is 0.253 e. The molecule has 0 saturated carbocycles. The summed E-state index contributed by atoms with van der Waals surface area (Å²) in [6.07, 6.45) is 3.19. The number of hydrogen-bond donors (Lipinski definition) is 0. The number of hydrogen-bond acceptors (Lipinski definition) is 3. The van der Waals surface area contributed by atoms with Crippen molar-refractivity contribution in [1.82, 2.24) is 19.4 Å². The predicted molar refractivity (Wildman–Crippen MR) is 120 cm³/mol. The van der Waals surface area contributed by atoms with Crippen LogP contribution < -0.4 is 0 Å². The van der Waals surface area contributed by atoms with E-state index < -0.39 is 0 Å². The molecule has 2 amide bonds. The number of aromatic nitrogens is 2. The van der Waals surface area contributed by atoms with Crippen LogP contribution in [0, 0.1) is 0 Å². The molecule has 3 aromatic rings. The van der Waals surface area contributed by atoms with Crippen molar-refractivity contribution in [2.75, 3.05) is 20.6 Å². The van der Waals surface area contributed by atoms with Crippen molar-refractivity contribution in [2.24, 2.45) is 7.05 Å². The van der Waals surface area contributed by atoms with Gasteiger partial charge in [-0.05, 0) is 58.1 Å². The van der Waals surface area contributed by atoms with Gasteiger partial charge in [0.1, 0.15) is 5.65 Å². The molecule has 0 spiro atoms. The van der Waals surface area contributed by atoms with Gasteiger partial charge in [0.2, 0.25) is 5.91 Å². The van der Waals surface area contributed by atoms with Crippen LogP contribution in [0.4, 0.5) is 0 Å². The largest absolute Gasteiger partial charge is 0.345 e. The lowest BCUT2D eigenvalue weighted by Crippen LogP contribution is -2.38. The summed E-state index contributed by atoms with van der Waals surface area (Å²) in [5.41, 5.74) is 3.77. The molecule has 1 aliphatic heterocycles. The van der Waals surface area contributed by atoms with E-state index in [9.17, 15) is 9.59 Å². The maximum absolute atomic E-state index is 12.9. The number of nitrogens with zero attached hydrogens (tertiary/aromatic N) is 4. The zero-order valence-electron chi connectivity index (χ0n) is 17.4. The number of benzene rings is 1. The quantitative estimate of drug-likeness (QED) is 0.582. The highest BCUT2D eigenvalue weighted by Gasteiger charge is 2.28. The van der Waals surface area contributed by atoms with E-state index in [1.165, 1.54) is 0 Å². The van der Waals surface area contributed by atoms with E-state index in [0.717, 1.165) is 39.7 Å². The fourth-order valence-electron chi connectivity index (χ4n) is 4.07. The average Bonchev–Trinajstić information content (AvgIpc) is 3.06. The Balaban J connectivity index is 1.45. The summed E-state index contributed by atoms with van der Waals surface area (Å²) in [5, 5.41) is 1.06. The Morgan fingerprint density at radius 3 is 2.60 bits per heavy atom. The molecular weight excluding hydrogens is 444 g/mol. The Bertz CT molecular complexity index is 1100. The molecule has 1 saturated heterocycles. The van der Waals surface area contributed by atoms with Crippen LogP contribution in [0.5, 0.6) is 0 Å². The van der Waals surface area contributed by atoms with Crippen molar-refractivity contribution in [1.29, 1.82) is 0 Å². The maximum atomic E-state index is 12.9. The summed E-state index contributed by atoms with van der Waals surface area (Å²) >= 11 is 3.58. The SMILES string of the molecule is CN(C)C(=O)c1ccc([C@H]2CCN(Cc3cc4c(Br)ccnc4n3C)C(=O)C2)cc1. The van der Waals surface area contributed by atoms with Crippen molar-refractivity contribution in [3.63, 3.8) is 0 Å².